The van der Waals surface area contributed by atoms with Crippen molar-refractivity contribution in [2.24, 2.45) is 5.73 Å². The second-order valence-electron chi connectivity index (χ2n) is 5.18. The SMILES string of the molecule is Cl.NC1(c2noc(Cc3ccc(F)cc3)n2)CCCC1. The fourth-order valence-corrected chi connectivity index (χ4v) is 2.54. The molecule has 1 heterocycles. The number of benzene rings is 1. The molecule has 1 aliphatic carbocycles. The standard InChI is InChI=1S/C14H16FN3O.ClH/c15-11-5-3-10(4-6-11)9-12-17-13(18-19-12)14(16)7-1-2-8-14;/h3-6H,1-2,7-9,16H2;1H. The van der Waals surface area contributed by atoms with Gasteiger partial charge in [-0.3, -0.25) is 0 Å². The Labute approximate surface area is 123 Å². The Bertz CT molecular complexity index is 564. The average Bonchev–Trinajstić information content (AvgIpc) is 3.02. The molecule has 1 aliphatic rings. The Kier molecular flexibility index (Phi) is 4.40. The summed E-state index contributed by atoms with van der Waals surface area (Å²) in [5.41, 5.74) is 6.79. The topological polar surface area (TPSA) is 64.9 Å². The lowest BCUT2D eigenvalue weighted by Crippen LogP contribution is -2.34. The summed E-state index contributed by atoms with van der Waals surface area (Å²) in [6.45, 7) is 0. The van der Waals surface area contributed by atoms with Crippen LogP contribution in [0.15, 0.2) is 28.8 Å². The van der Waals surface area contributed by atoms with E-state index in [1.54, 1.807) is 12.1 Å². The molecule has 0 bridgehead atoms. The number of nitrogens with zero attached hydrogens (tertiary/aromatic N) is 2. The fraction of sp³-hybridized carbons (Fsp3) is 0.429. The maximum absolute atomic E-state index is 12.8. The van der Waals surface area contributed by atoms with Gasteiger partial charge in [-0.05, 0) is 30.5 Å². The van der Waals surface area contributed by atoms with Gasteiger partial charge in [0.1, 0.15) is 5.82 Å². The van der Waals surface area contributed by atoms with Crippen molar-refractivity contribution in [3.63, 3.8) is 0 Å². The van der Waals surface area contributed by atoms with Gasteiger partial charge in [-0.1, -0.05) is 30.1 Å². The first-order valence-corrected chi connectivity index (χ1v) is 6.52. The first-order chi connectivity index (χ1) is 9.16. The van der Waals surface area contributed by atoms with Crippen LogP contribution in [-0.2, 0) is 12.0 Å². The summed E-state index contributed by atoms with van der Waals surface area (Å²) in [6.07, 6.45) is 4.53. The molecule has 1 aromatic heterocycles. The Balaban J connectivity index is 0.00000147. The van der Waals surface area contributed by atoms with E-state index in [1.807, 2.05) is 0 Å². The minimum atomic E-state index is -0.426. The summed E-state index contributed by atoms with van der Waals surface area (Å²) < 4.78 is 18.1. The highest BCUT2D eigenvalue weighted by atomic mass is 35.5. The second kappa shape index (κ2) is 5.89. The highest BCUT2D eigenvalue weighted by Crippen LogP contribution is 2.34. The van der Waals surface area contributed by atoms with Crippen LogP contribution in [0.5, 0.6) is 0 Å². The van der Waals surface area contributed by atoms with Gasteiger partial charge in [0.05, 0.1) is 12.0 Å². The lowest BCUT2D eigenvalue weighted by atomic mass is 9.99. The van der Waals surface area contributed by atoms with Crippen molar-refractivity contribution in [1.29, 1.82) is 0 Å². The molecular weight excluding hydrogens is 281 g/mol. The van der Waals surface area contributed by atoms with Crippen LogP contribution in [0, 0.1) is 5.82 Å². The molecule has 4 nitrogen and oxygen atoms in total. The highest BCUT2D eigenvalue weighted by molar-refractivity contribution is 5.85. The minimum absolute atomic E-state index is 0. The molecule has 2 N–H and O–H groups in total. The summed E-state index contributed by atoms with van der Waals surface area (Å²) in [4.78, 5) is 4.39. The molecule has 0 aliphatic heterocycles. The lowest BCUT2D eigenvalue weighted by molar-refractivity contribution is 0.352. The van der Waals surface area contributed by atoms with Crippen molar-refractivity contribution in [1.82, 2.24) is 10.1 Å². The van der Waals surface area contributed by atoms with Crippen LogP contribution in [0.2, 0.25) is 0 Å². The van der Waals surface area contributed by atoms with Crippen molar-refractivity contribution < 1.29 is 8.91 Å². The zero-order valence-electron chi connectivity index (χ0n) is 11.0. The molecular formula is C14H17ClFN3O. The normalized spacial score (nSPS) is 16.9. The molecule has 0 amide bonds. The van der Waals surface area contributed by atoms with E-state index in [4.69, 9.17) is 10.3 Å². The molecule has 0 spiro atoms. The van der Waals surface area contributed by atoms with Gasteiger partial charge in [-0.15, -0.1) is 12.4 Å². The first kappa shape index (κ1) is 14.9. The lowest BCUT2D eigenvalue weighted by Gasteiger charge is -2.17. The van der Waals surface area contributed by atoms with E-state index in [-0.39, 0.29) is 18.2 Å². The summed E-state index contributed by atoms with van der Waals surface area (Å²) in [7, 11) is 0. The third-order valence-electron chi connectivity index (χ3n) is 3.68. The van der Waals surface area contributed by atoms with E-state index in [2.05, 4.69) is 10.1 Å². The van der Waals surface area contributed by atoms with E-state index in [0.29, 0.717) is 18.1 Å². The highest BCUT2D eigenvalue weighted by Gasteiger charge is 2.35. The number of hydrogen-bond acceptors (Lipinski definition) is 4. The Morgan fingerprint density at radius 3 is 2.50 bits per heavy atom. The number of halogens is 2. The zero-order valence-corrected chi connectivity index (χ0v) is 11.8. The maximum atomic E-state index is 12.8. The van der Waals surface area contributed by atoms with Gasteiger partial charge in [0, 0.05) is 0 Å². The molecule has 1 fully saturated rings. The Hall–Kier alpha value is -1.46. The molecule has 0 atom stereocenters. The molecule has 3 rings (SSSR count). The minimum Gasteiger partial charge on any atom is -0.339 e. The van der Waals surface area contributed by atoms with Crippen LogP contribution in [0.25, 0.3) is 0 Å². The number of hydrogen-bond donors (Lipinski definition) is 1. The number of rotatable bonds is 3. The van der Waals surface area contributed by atoms with Gasteiger partial charge in [-0.25, -0.2) is 4.39 Å². The monoisotopic (exact) mass is 297 g/mol. The molecule has 1 aromatic carbocycles. The quantitative estimate of drug-likeness (QED) is 0.946. The van der Waals surface area contributed by atoms with Crippen molar-refractivity contribution in [3.05, 3.63) is 47.4 Å². The zero-order chi connectivity index (χ0) is 13.3. The molecule has 1 saturated carbocycles. The van der Waals surface area contributed by atoms with Gasteiger partial charge in [0.2, 0.25) is 5.89 Å². The van der Waals surface area contributed by atoms with E-state index in [0.717, 1.165) is 31.2 Å². The van der Waals surface area contributed by atoms with Crippen molar-refractivity contribution in [2.75, 3.05) is 0 Å². The van der Waals surface area contributed by atoms with Crippen LogP contribution in [0.3, 0.4) is 0 Å². The average molecular weight is 298 g/mol. The maximum Gasteiger partial charge on any atom is 0.231 e. The molecule has 20 heavy (non-hydrogen) atoms. The van der Waals surface area contributed by atoms with Crippen LogP contribution < -0.4 is 5.73 Å². The van der Waals surface area contributed by atoms with Crippen molar-refractivity contribution in [2.45, 2.75) is 37.6 Å². The van der Waals surface area contributed by atoms with E-state index in [9.17, 15) is 4.39 Å². The summed E-state index contributed by atoms with van der Waals surface area (Å²) in [6, 6.07) is 6.28. The predicted molar refractivity (Wildman–Crippen MR) is 75.1 cm³/mol. The largest absolute Gasteiger partial charge is 0.339 e. The molecule has 6 heteroatoms. The van der Waals surface area contributed by atoms with Gasteiger partial charge in [0.25, 0.3) is 0 Å². The third kappa shape index (κ3) is 2.99. The van der Waals surface area contributed by atoms with Crippen molar-refractivity contribution >= 4 is 12.4 Å². The predicted octanol–water partition coefficient (Wildman–Crippen LogP) is 2.95. The van der Waals surface area contributed by atoms with Crippen LogP contribution in [0.4, 0.5) is 4.39 Å². The molecule has 0 radical (unpaired) electrons. The van der Waals surface area contributed by atoms with Crippen LogP contribution in [-0.4, -0.2) is 10.1 Å². The van der Waals surface area contributed by atoms with Crippen LogP contribution >= 0.6 is 12.4 Å². The summed E-state index contributed by atoms with van der Waals surface area (Å²) in [5, 5.41) is 4.00. The van der Waals surface area contributed by atoms with E-state index < -0.39 is 5.54 Å². The Morgan fingerprint density at radius 1 is 1.20 bits per heavy atom. The first-order valence-electron chi connectivity index (χ1n) is 6.52. The van der Waals surface area contributed by atoms with E-state index >= 15 is 0 Å². The summed E-state index contributed by atoms with van der Waals surface area (Å²) in [5.74, 6) is 0.877. The number of nitrogens with two attached hydrogens (primary N) is 1. The van der Waals surface area contributed by atoms with Gasteiger partial charge in [-0.2, -0.15) is 4.98 Å². The van der Waals surface area contributed by atoms with Gasteiger partial charge in [0.15, 0.2) is 5.82 Å². The smallest absolute Gasteiger partial charge is 0.231 e. The van der Waals surface area contributed by atoms with E-state index in [1.165, 1.54) is 12.1 Å². The molecule has 0 unspecified atom stereocenters. The fourth-order valence-electron chi connectivity index (χ4n) is 2.54. The molecule has 0 saturated heterocycles. The molecule has 2 aromatic rings. The third-order valence-corrected chi connectivity index (χ3v) is 3.68. The van der Waals surface area contributed by atoms with Crippen LogP contribution in [0.1, 0.15) is 43.0 Å². The Morgan fingerprint density at radius 2 is 1.85 bits per heavy atom. The van der Waals surface area contributed by atoms with Gasteiger partial charge >= 0.3 is 0 Å². The van der Waals surface area contributed by atoms with Gasteiger partial charge < -0.3 is 10.3 Å². The van der Waals surface area contributed by atoms with Crippen molar-refractivity contribution in [3.8, 4) is 0 Å². The number of aromatic nitrogens is 2. The molecule has 108 valence electrons. The second-order valence-corrected chi connectivity index (χ2v) is 5.18. The summed E-state index contributed by atoms with van der Waals surface area (Å²) >= 11 is 0.